The van der Waals surface area contributed by atoms with Crippen molar-refractivity contribution in [2.75, 3.05) is 25.0 Å². The minimum Gasteiger partial charge on any atom is -0.327 e. The number of nitro benzene ring substituents is 1. The molecule has 6 nitrogen and oxygen atoms in total. The molecule has 1 aromatic carbocycles. The number of nitrogens with one attached hydrogen (secondary N) is 2. The molecule has 1 heterocycles. The van der Waals surface area contributed by atoms with Crippen LogP contribution in [0.5, 0.6) is 0 Å². The number of quaternary nitrogens is 1. The topological polar surface area (TPSA) is 76.7 Å². The molecular formula is C19H28N3O3+. The van der Waals surface area contributed by atoms with Crippen LogP contribution in [0.2, 0.25) is 0 Å². The van der Waals surface area contributed by atoms with Gasteiger partial charge in [0.2, 0.25) is 0 Å². The first-order valence-electron chi connectivity index (χ1n) is 9.33. The van der Waals surface area contributed by atoms with E-state index >= 15 is 0 Å². The first-order valence-corrected chi connectivity index (χ1v) is 9.33. The van der Waals surface area contributed by atoms with Crippen LogP contribution in [-0.2, 0) is 4.79 Å². The van der Waals surface area contributed by atoms with Gasteiger partial charge >= 0.3 is 0 Å². The molecule has 3 rings (SSSR count). The fourth-order valence-electron chi connectivity index (χ4n) is 4.43. The number of aryl methyl sites for hydroxylation is 2. The minimum atomic E-state index is -0.428. The highest BCUT2D eigenvalue weighted by Gasteiger charge is 2.34. The second-order valence-corrected chi connectivity index (χ2v) is 7.73. The Morgan fingerprint density at radius 1 is 1.20 bits per heavy atom. The number of carbonyl (C=O) groups excluding carboxylic acids is 1. The summed E-state index contributed by atoms with van der Waals surface area (Å²) in [5, 5.41) is 14.0. The molecule has 136 valence electrons. The Morgan fingerprint density at radius 3 is 2.60 bits per heavy atom. The molecule has 1 aliphatic heterocycles. The molecule has 2 aliphatic rings. The number of anilines is 1. The number of hydrogen-bond donors (Lipinski definition) is 2. The largest absolute Gasteiger partial charge is 0.327 e. The molecule has 2 fully saturated rings. The second kappa shape index (κ2) is 7.52. The van der Waals surface area contributed by atoms with Crippen molar-refractivity contribution in [3.05, 3.63) is 33.4 Å². The molecule has 0 spiro atoms. The molecule has 2 N–H and O–H groups in total. The van der Waals surface area contributed by atoms with Crippen LogP contribution in [0.4, 0.5) is 11.4 Å². The predicted octanol–water partition coefficient (Wildman–Crippen LogP) is 2.25. The van der Waals surface area contributed by atoms with E-state index in [1.165, 1.54) is 43.1 Å². The van der Waals surface area contributed by atoms with Crippen molar-refractivity contribution in [3.63, 3.8) is 0 Å². The summed E-state index contributed by atoms with van der Waals surface area (Å²) >= 11 is 0. The van der Waals surface area contributed by atoms with Gasteiger partial charge in [0, 0.05) is 12.0 Å². The maximum absolute atomic E-state index is 12.5. The standard InChI is InChI=1S/C19H27N3O3/c1-13-9-17(18(22(24)25)10-14(13)2)20-19(23)12-21-8-7-15-5-3-4-6-16(15)11-21/h9-10,15-16H,3-8,11-12H2,1-2H3,(H,20,23)/p+1/t15-,16+/m0/s1. The van der Waals surface area contributed by atoms with Gasteiger partial charge in [0.25, 0.3) is 11.6 Å². The van der Waals surface area contributed by atoms with Gasteiger partial charge in [-0.15, -0.1) is 0 Å². The summed E-state index contributed by atoms with van der Waals surface area (Å²) in [6.07, 6.45) is 6.51. The minimum absolute atomic E-state index is 0.0301. The number of hydrogen-bond acceptors (Lipinski definition) is 3. The molecule has 3 atom stereocenters. The number of likely N-dealkylation sites (tertiary alicyclic amines) is 1. The Hall–Kier alpha value is -1.95. The molecule has 1 unspecified atom stereocenters. The molecule has 0 bridgehead atoms. The average Bonchev–Trinajstić information content (AvgIpc) is 2.57. The highest BCUT2D eigenvalue weighted by molar-refractivity contribution is 5.94. The Bertz CT molecular complexity index is 674. The summed E-state index contributed by atoms with van der Waals surface area (Å²) in [6.45, 7) is 6.23. The highest BCUT2D eigenvalue weighted by Crippen LogP contribution is 2.32. The van der Waals surface area contributed by atoms with Gasteiger partial charge in [-0.1, -0.05) is 12.8 Å². The molecule has 1 saturated heterocycles. The Balaban J connectivity index is 1.63. The Labute approximate surface area is 148 Å². The summed E-state index contributed by atoms with van der Waals surface area (Å²) in [5.41, 5.74) is 2.08. The summed E-state index contributed by atoms with van der Waals surface area (Å²) in [6, 6.07) is 3.24. The maximum Gasteiger partial charge on any atom is 0.293 e. The van der Waals surface area contributed by atoms with Gasteiger partial charge in [0.05, 0.1) is 18.0 Å². The number of piperidine rings is 1. The third-order valence-corrected chi connectivity index (χ3v) is 5.98. The van der Waals surface area contributed by atoms with Gasteiger partial charge in [-0.3, -0.25) is 14.9 Å². The SMILES string of the molecule is Cc1cc(NC(=O)C[NH+]2CC[C@@H]3CCCC[C@@H]3C2)c([N+](=O)[O-])cc1C. The van der Waals surface area contributed by atoms with Crippen LogP contribution in [0, 0.1) is 35.8 Å². The Morgan fingerprint density at radius 2 is 1.88 bits per heavy atom. The van der Waals surface area contributed by atoms with Crippen molar-refractivity contribution in [1.29, 1.82) is 0 Å². The van der Waals surface area contributed by atoms with E-state index in [1.54, 1.807) is 6.07 Å². The van der Waals surface area contributed by atoms with Crippen LogP contribution in [0.1, 0.15) is 43.2 Å². The van der Waals surface area contributed by atoms with Crippen molar-refractivity contribution in [3.8, 4) is 0 Å². The number of rotatable bonds is 4. The first-order chi connectivity index (χ1) is 11.9. The second-order valence-electron chi connectivity index (χ2n) is 7.73. The fraction of sp³-hybridized carbons (Fsp3) is 0.632. The normalized spacial score (nSPS) is 25.9. The van der Waals surface area contributed by atoms with Gasteiger partial charge in [0.1, 0.15) is 5.69 Å². The van der Waals surface area contributed by atoms with Crippen LogP contribution in [-0.4, -0.2) is 30.5 Å². The predicted molar refractivity (Wildman–Crippen MR) is 96.8 cm³/mol. The lowest BCUT2D eigenvalue weighted by Gasteiger charge is -2.38. The summed E-state index contributed by atoms with van der Waals surface area (Å²) in [4.78, 5) is 24.6. The molecule has 0 radical (unpaired) electrons. The molecule has 1 aliphatic carbocycles. The van der Waals surface area contributed by atoms with Crippen LogP contribution in [0.3, 0.4) is 0 Å². The van der Waals surface area contributed by atoms with E-state index in [1.807, 2.05) is 13.8 Å². The summed E-state index contributed by atoms with van der Waals surface area (Å²) < 4.78 is 0. The van der Waals surface area contributed by atoms with Gasteiger partial charge in [-0.25, -0.2) is 0 Å². The van der Waals surface area contributed by atoms with Crippen molar-refractivity contribution >= 4 is 17.3 Å². The molecule has 1 aromatic rings. The van der Waals surface area contributed by atoms with Gasteiger partial charge in [0.15, 0.2) is 6.54 Å². The maximum atomic E-state index is 12.5. The van der Waals surface area contributed by atoms with E-state index in [-0.39, 0.29) is 11.6 Å². The van der Waals surface area contributed by atoms with E-state index in [0.29, 0.717) is 12.2 Å². The van der Waals surface area contributed by atoms with Gasteiger partial charge in [-0.05, 0) is 56.2 Å². The number of fused-ring (bicyclic) bond motifs is 1. The molecule has 6 heteroatoms. The smallest absolute Gasteiger partial charge is 0.293 e. The van der Waals surface area contributed by atoms with E-state index in [4.69, 9.17) is 0 Å². The zero-order valence-electron chi connectivity index (χ0n) is 15.1. The average molecular weight is 346 g/mol. The first kappa shape index (κ1) is 17.9. The monoisotopic (exact) mass is 346 g/mol. The van der Waals surface area contributed by atoms with E-state index < -0.39 is 4.92 Å². The van der Waals surface area contributed by atoms with Gasteiger partial charge < -0.3 is 10.2 Å². The van der Waals surface area contributed by atoms with Crippen molar-refractivity contribution in [2.45, 2.75) is 46.0 Å². The van der Waals surface area contributed by atoms with Crippen LogP contribution in [0.15, 0.2) is 12.1 Å². The third kappa shape index (κ3) is 4.18. The van der Waals surface area contributed by atoms with Crippen LogP contribution >= 0.6 is 0 Å². The van der Waals surface area contributed by atoms with Crippen molar-refractivity contribution in [2.24, 2.45) is 11.8 Å². The molecule has 1 saturated carbocycles. The fourth-order valence-corrected chi connectivity index (χ4v) is 4.43. The zero-order chi connectivity index (χ0) is 18.0. The molecular weight excluding hydrogens is 318 g/mol. The lowest BCUT2D eigenvalue weighted by molar-refractivity contribution is -0.902. The molecule has 25 heavy (non-hydrogen) atoms. The number of benzene rings is 1. The third-order valence-electron chi connectivity index (χ3n) is 5.98. The molecule has 0 aromatic heterocycles. The van der Waals surface area contributed by atoms with E-state index in [2.05, 4.69) is 5.32 Å². The highest BCUT2D eigenvalue weighted by atomic mass is 16.6. The summed E-state index contributed by atoms with van der Waals surface area (Å²) in [7, 11) is 0. The molecule has 1 amide bonds. The van der Waals surface area contributed by atoms with Gasteiger partial charge in [-0.2, -0.15) is 0 Å². The lowest BCUT2D eigenvalue weighted by atomic mass is 9.75. The van der Waals surface area contributed by atoms with Crippen molar-refractivity contribution in [1.82, 2.24) is 0 Å². The van der Waals surface area contributed by atoms with Crippen LogP contribution in [0.25, 0.3) is 0 Å². The number of nitrogens with zero attached hydrogens (tertiary/aromatic N) is 1. The number of carbonyl (C=O) groups is 1. The zero-order valence-corrected chi connectivity index (χ0v) is 15.1. The van der Waals surface area contributed by atoms with E-state index in [9.17, 15) is 14.9 Å². The lowest BCUT2D eigenvalue weighted by Crippen LogP contribution is -3.15. The van der Waals surface area contributed by atoms with E-state index in [0.717, 1.165) is 36.1 Å². The Kier molecular flexibility index (Phi) is 5.37. The van der Waals surface area contributed by atoms with Crippen LogP contribution < -0.4 is 10.2 Å². The number of amides is 1. The number of nitro groups is 1. The summed E-state index contributed by atoms with van der Waals surface area (Å²) in [5.74, 6) is 1.47. The quantitative estimate of drug-likeness (QED) is 0.648. The van der Waals surface area contributed by atoms with Crippen molar-refractivity contribution < 1.29 is 14.6 Å².